The number of aromatic nitrogens is 2. The maximum atomic E-state index is 12.1. The van der Waals surface area contributed by atoms with Gasteiger partial charge >= 0.3 is 0 Å². The molecule has 0 radical (unpaired) electrons. The first-order valence-corrected chi connectivity index (χ1v) is 9.88. The van der Waals surface area contributed by atoms with E-state index in [1.807, 2.05) is 32.0 Å². The third-order valence-electron chi connectivity index (χ3n) is 4.52. The Labute approximate surface area is 173 Å². The highest BCUT2D eigenvalue weighted by molar-refractivity contribution is 6.35. The lowest BCUT2D eigenvalue weighted by molar-refractivity contribution is 0.0943. The first kappa shape index (κ1) is 19.4. The van der Waals surface area contributed by atoms with Crippen molar-refractivity contribution in [2.75, 3.05) is 18.4 Å². The zero-order valence-electron chi connectivity index (χ0n) is 16.2. The number of carbonyl (C=O) groups excluding carboxylic acids is 1. The zero-order chi connectivity index (χ0) is 20.4. The van der Waals surface area contributed by atoms with Gasteiger partial charge in [0.05, 0.1) is 5.02 Å². The van der Waals surface area contributed by atoms with Crippen molar-refractivity contribution in [1.29, 1.82) is 0 Å². The molecule has 8 heteroatoms. The van der Waals surface area contributed by atoms with E-state index in [-0.39, 0.29) is 18.1 Å². The van der Waals surface area contributed by atoms with Gasteiger partial charge < -0.3 is 20.7 Å². The molecule has 7 nitrogen and oxygen atoms in total. The van der Waals surface area contributed by atoms with Gasteiger partial charge in [-0.1, -0.05) is 11.6 Å². The summed E-state index contributed by atoms with van der Waals surface area (Å²) < 4.78 is 6.01. The van der Waals surface area contributed by atoms with Crippen LogP contribution in [0, 0.1) is 0 Å². The third-order valence-corrected chi connectivity index (χ3v) is 4.85. The number of hydrogen-bond acceptors (Lipinski definition) is 6. The Morgan fingerprint density at radius 3 is 2.62 bits per heavy atom. The molecule has 0 saturated carbocycles. The van der Waals surface area contributed by atoms with Crippen LogP contribution in [0.1, 0.15) is 24.2 Å². The first-order valence-electron chi connectivity index (χ1n) is 9.50. The molecule has 2 heterocycles. The molecule has 0 spiro atoms. The average molecular weight is 412 g/mol. The number of hydrogen-bond donors (Lipinski definition) is 3. The van der Waals surface area contributed by atoms with Gasteiger partial charge in [0.15, 0.2) is 0 Å². The minimum absolute atomic E-state index is 0.0882. The number of nitrogens with one attached hydrogen (secondary N) is 3. The molecular formula is C21H22ClN5O2. The first-order chi connectivity index (χ1) is 14.0. The van der Waals surface area contributed by atoms with Crippen molar-refractivity contribution >= 4 is 40.0 Å². The van der Waals surface area contributed by atoms with E-state index in [0.717, 1.165) is 24.2 Å². The number of ether oxygens (including phenoxy) is 1. The van der Waals surface area contributed by atoms with Gasteiger partial charge in [-0.3, -0.25) is 4.79 Å². The van der Waals surface area contributed by atoms with Crippen LogP contribution in [0.4, 0.5) is 11.6 Å². The molecule has 0 unspecified atom stereocenters. The smallest absolute Gasteiger partial charge is 0.251 e. The molecule has 0 aliphatic carbocycles. The number of rotatable bonds is 6. The molecule has 1 saturated heterocycles. The van der Waals surface area contributed by atoms with Crippen molar-refractivity contribution in [1.82, 2.24) is 20.6 Å². The monoisotopic (exact) mass is 411 g/mol. The van der Waals surface area contributed by atoms with Crippen LogP contribution in [0.3, 0.4) is 0 Å². The van der Waals surface area contributed by atoms with E-state index < -0.39 is 0 Å². The highest BCUT2D eigenvalue weighted by Gasteiger charge is 2.20. The molecule has 1 fully saturated rings. The summed E-state index contributed by atoms with van der Waals surface area (Å²) in [4.78, 5) is 21.0. The summed E-state index contributed by atoms with van der Waals surface area (Å²) in [5.74, 6) is 1.01. The molecule has 1 aliphatic rings. The van der Waals surface area contributed by atoms with Crippen LogP contribution in [0.5, 0.6) is 5.75 Å². The van der Waals surface area contributed by atoms with E-state index >= 15 is 0 Å². The van der Waals surface area contributed by atoms with Crippen molar-refractivity contribution in [3.05, 3.63) is 53.2 Å². The van der Waals surface area contributed by atoms with E-state index in [4.69, 9.17) is 16.3 Å². The molecule has 1 aliphatic heterocycles. The van der Waals surface area contributed by atoms with Crippen molar-refractivity contribution in [2.24, 2.45) is 0 Å². The van der Waals surface area contributed by atoms with Gasteiger partial charge in [0.2, 0.25) is 5.95 Å². The third kappa shape index (κ3) is 4.41. The normalized spacial score (nSPS) is 13.9. The maximum absolute atomic E-state index is 12.1. The quantitative estimate of drug-likeness (QED) is 0.575. The summed E-state index contributed by atoms with van der Waals surface area (Å²) in [6, 6.07) is 10.9. The lowest BCUT2D eigenvalue weighted by Gasteiger charge is -2.28. The van der Waals surface area contributed by atoms with Crippen LogP contribution in [0.2, 0.25) is 5.02 Å². The Balaban J connectivity index is 1.56. The summed E-state index contributed by atoms with van der Waals surface area (Å²) in [7, 11) is 0. The number of amides is 1. The van der Waals surface area contributed by atoms with Crippen molar-refractivity contribution in [3.63, 3.8) is 0 Å². The van der Waals surface area contributed by atoms with Gasteiger partial charge in [0.1, 0.15) is 17.4 Å². The zero-order valence-corrected chi connectivity index (χ0v) is 17.0. The molecule has 3 aromatic rings. The van der Waals surface area contributed by atoms with Gasteiger partial charge in [0, 0.05) is 42.0 Å². The van der Waals surface area contributed by atoms with Gasteiger partial charge in [-0.15, -0.1) is 0 Å². The molecule has 2 aromatic carbocycles. The molecule has 1 aromatic heterocycles. The van der Waals surface area contributed by atoms with Crippen molar-refractivity contribution in [2.45, 2.75) is 26.0 Å². The predicted octanol–water partition coefficient (Wildman–Crippen LogP) is 3.52. The Kier molecular flexibility index (Phi) is 5.51. The van der Waals surface area contributed by atoms with Crippen LogP contribution in [0.25, 0.3) is 10.9 Å². The van der Waals surface area contributed by atoms with Crippen molar-refractivity contribution < 1.29 is 9.53 Å². The summed E-state index contributed by atoms with van der Waals surface area (Å²) >= 11 is 6.30. The Bertz CT molecular complexity index is 1040. The number of halogens is 1. The summed E-state index contributed by atoms with van der Waals surface area (Å²) in [6.07, 6.45) is 1.82. The Morgan fingerprint density at radius 1 is 1.21 bits per heavy atom. The second kappa shape index (κ2) is 8.23. The maximum Gasteiger partial charge on any atom is 0.251 e. The fourth-order valence-electron chi connectivity index (χ4n) is 2.92. The summed E-state index contributed by atoms with van der Waals surface area (Å²) in [5, 5.41) is 10.5. The fraction of sp³-hybridized carbons (Fsp3) is 0.286. The van der Waals surface area contributed by atoms with Crippen molar-refractivity contribution in [3.8, 4) is 5.75 Å². The number of nitrogens with zero attached hydrogens (tertiary/aromatic N) is 2. The van der Waals surface area contributed by atoms with Gasteiger partial charge in [-0.25, -0.2) is 9.97 Å². The molecule has 29 heavy (non-hydrogen) atoms. The molecule has 0 atom stereocenters. The standard InChI is InChI=1S/C21H22ClN5O2/c1-12(2)25-20(28)13-3-5-14(6-4-13)26-21-24-11-16-17(22)7-8-18(19(16)27-21)29-15-9-23-10-15/h3-8,11-12,15,23H,9-10H2,1-2H3,(H,25,28)(H,24,26,27). The number of fused-ring (bicyclic) bond motifs is 1. The minimum Gasteiger partial charge on any atom is -0.485 e. The molecule has 1 amide bonds. The second-order valence-electron chi connectivity index (χ2n) is 7.23. The highest BCUT2D eigenvalue weighted by atomic mass is 35.5. The Hall–Kier alpha value is -2.90. The van der Waals surface area contributed by atoms with E-state index in [2.05, 4.69) is 25.9 Å². The largest absolute Gasteiger partial charge is 0.485 e. The van der Waals surface area contributed by atoms with E-state index in [1.165, 1.54) is 0 Å². The van der Waals surface area contributed by atoms with Crippen LogP contribution in [0.15, 0.2) is 42.6 Å². The summed E-state index contributed by atoms with van der Waals surface area (Å²) in [5.41, 5.74) is 2.04. The molecule has 150 valence electrons. The summed E-state index contributed by atoms with van der Waals surface area (Å²) in [6.45, 7) is 5.49. The molecular weight excluding hydrogens is 390 g/mol. The van der Waals surface area contributed by atoms with Gasteiger partial charge in [-0.05, 0) is 50.2 Å². The topological polar surface area (TPSA) is 88.2 Å². The van der Waals surface area contributed by atoms with E-state index in [9.17, 15) is 4.79 Å². The van der Waals surface area contributed by atoms with Crippen LogP contribution in [-0.2, 0) is 0 Å². The van der Waals surface area contributed by atoms with Crippen LogP contribution < -0.4 is 20.7 Å². The van der Waals surface area contributed by atoms with Gasteiger partial charge in [-0.2, -0.15) is 0 Å². The number of anilines is 2. The lowest BCUT2D eigenvalue weighted by atomic mass is 10.2. The lowest BCUT2D eigenvalue weighted by Crippen LogP contribution is -2.50. The average Bonchev–Trinajstić information content (AvgIpc) is 2.66. The molecule has 0 bridgehead atoms. The van der Waals surface area contributed by atoms with Gasteiger partial charge in [0.25, 0.3) is 5.91 Å². The molecule has 4 rings (SSSR count). The Morgan fingerprint density at radius 2 is 1.97 bits per heavy atom. The van der Waals surface area contributed by atoms with Crippen LogP contribution in [-0.4, -0.2) is 41.1 Å². The number of benzene rings is 2. The molecule has 3 N–H and O–H groups in total. The second-order valence-corrected chi connectivity index (χ2v) is 7.64. The van der Waals surface area contributed by atoms with E-state index in [0.29, 0.717) is 27.8 Å². The van der Waals surface area contributed by atoms with Crippen LogP contribution >= 0.6 is 11.6 Å². The minimum atomic E-state index is -0.101. The van der Waals surface area contributed by atoms with E-state index in [1.54, 1.807) is 24.4 Å². The predicted molar refractivity (Wildman–Crippen MR) is 114 cm³/mol. The number of carbonyl (C=O) groups is 1. The highest BCUT2D eigenvalue weighted by Crippen LogP contribution is 2.31. The fourth-order valence-corrected chi connectivity index (χ4v) is 3.12. The SMILES string of the molecule is CC(C)NC(=O)c1ccc(Nc2ncc3c(Cl)ccc(OC4CNC4)c3n2)cc1.